The van der Waals surface area contributed by atoms with E-state index in [2.05, 4.69) is 4.98 Å². The smallest absolute Gasteiger partial charge is 0.270 e. The number of hydrogen-bond donors (Lipinski definition) is 2. The van der Waals surface area contributed by atoms with Crippen LogP contribution in [0.1, 0.15) is 23.3 Å². The molecular formula is C11H15ClN2O2. The lowest BCUT2D eigenvalue weighted by molar-refractivity contribution is 0.0641. The number of aromatic amines is 1. The van der Waals surface area contributed by atoms with Crippen molar-refractivity contribution in [2.75, 3.05) is 13.6 Å². The predicted molar refractivity (Wildman–Crippen MR) is 61.5 cm³/mol. The highest BCUT2D eigenvalue weighted by atomic mass is 35.5. The van der Waals surface area contributed by atoms with Crippen molar-refractivity contribution in [3.05, 3.63) is 23.0 Å². The largest absolute Gasteiger partial charge is 0.391 e. The minimum Gasteiger partial charge on any atom is -0.391 e. The molecule has 0 spiro atoms. The average Bonchev–Trinajstić information content (AvgIpc) is 3.00. The van der Waals surface area contributed by atoms with Gasteiger partial charge in [-0.15, -0.1) is 0 Å². The van der Waals surface area contributed by atoms with Crippen LogP contribution in [0.5, 0.6) is 0 Å². The summed E-state index contributed by atoms with van der Waals surface area (Å²) in [4.78, 5) is 16.2. The summed E-state index contributed by atoms with van der Waals surface area (Å²) in [5.41, 5.74) is 0.454. The van der Waals surface area contributed by atoms with Crippen molar-refractivity contribution in [2.45, 2.75) is 18.9 Å². The number of nitrogens with one attached hydrogen (secondary N) is 1. The highest BCUT2D eigenvalue weighted by Gasteiger charge is 2.31. The van der Waals surface area contributed by atoms with E-state index >= 15 is 0 Å². The number of aromatic nitrogens is 1. The van der Waals surface area contributed by atoms with Gasteiger partial charge in [0.2, 0.25) is 0 Å². The molecule has 0 bridgehead atoms. The summed E-state index contributed by atoms with van der Waals surface area (Å²) >= 11 is 5.72. The summed E-state index contributed by atoms with van der Waals surface area (Å²) in [5, 5.41) is 10.2. The van der Waals surface area contributed by atoms with Crippen molar-refractivity contribution >= 4 is 17.5 Å². The predicted octanol–water partition coefficient (Wildman–Crippen LogP) is 1.51. The van der Waals surface area contributed by atoms with Gasteiger partial charge in [0.25, 0.3) is 5.91 Å². The van der Waals surface area contributed by atoms with Crippen LogP contribution in [0.3, 0.4) is 0 Å². The zero-order valence-electron chi connectivity index (χ0n) is 9.11. The molecule has 16 heavy (non-hydrogen) atoms. The summed E-state index contributed by atoms with van der Waals surface area (Å²) < 4.78 is 0. The van der Waals surface area contributed by atoms with Gasteiger partial charge in [0.1, 0.15) is 5.69 Å². The number of aliphatic hydroxyl groups excluding tert-OH is 1. The van der Waals surface area contributed by atoms with E-state index in [9.17, 15) is 9.90 Å². The number of likely N-dealkylation sites (N-methyl/N-ethyl adjacent to an activating group) is 1. The Hall–Kier alpha value is -1.00. The highest BCUT2D eigenvalue weighted by Crippen LogP contribution is 2.32. The number of amides is 1. The molecule has 1 aromatic rings. The van der Waals surface area contributed by atoms with Crippen molar-refractivity contribution in [3.8, 4) is 0 Å². The van der Waals surface area contributed by atoms with Gasteiger partial charge in [-0.2, -0.15) is 0 Å². The molecule has 1 aliphatic carbocycles. The van der Waals surface area contributed by atoms with E-state index < -0.39 is 6.10 Å². The van der Waals surface area contributed by atoms with Crippen LogP contribution in [0.15, 0.2) is 12.3 Å². The summed E-state index contributed by atoms with van der Waals surface area (Å²) in [6.07, 6.45) is 3.30. The molecule has 5 heteroatoms. The van der Waals surface area contributed by atoms with E-state index in [0.717, 1.165) is 12.8 Å². The van der Waals surface area contributed by atoms with Crippen LogP contribution in [-0.4, -0.2) is 40.6 Å². The van der Waals surface area contributed by atoms with Crippen molar-refractivity contribution in [2.24, 2.45) is 5.92 Å². The Bertz CT molecular complexity index is 387. The van der Waals surface area contributed by atoms with Gasteiger partial charge in [-0.3, -0.25) is 4.79 Å². The fraction of sp³-hybridized carbons (Fsp3) is 0.545. The first-order valence-electron chi connectivity index (χ1n) is 5.35. The number of hydrogen-bond acceptors (Lipinski definition) is 2. The number of aliphatic hydroxyl groups is 1. The second-order valence-corrected chi connectivity index (χ2v) is 4.76. The number of carbonyl (C=O) groups is 1. The number of rotatable bonds is 4. The second kappa shape index (κ2) is 4.47. The quantitative estimate of drug-likeness (QED) is 0.841. The first-order chi connectivity index (χ1) is 7.58. The Morgan fingerprint density at radius 3 is 2.94 bits per heavy atom. The Balaban J connectivity index is 1.93. The summed E-state index contributed by atoms with van der Waals surface area (Å²) in [7, 11) is 1.68. The third-order valence-corrected chi connectivity index (χ3v) is 3.07. The Morgan fingerprint density at radius 2 is 2.44 bits per heavy atom. The van der Waals surface area contributed by atoms with E-state index in [1.807, 2.05) is 0 Å². The lowest BCUT2D eigenvalue weighted by Gasteiger charge is -2.20. The lowest BCUT2D eigenvalue weighted by Crippen LogP contribution is -2.35. The third-order valence-electron chi connectivity index (χ3n) is 2.85. The fourth-order valence-electron chi connectivity index (χ4n) is 1.69. The van der Waals surface area contributed by atoms with Crippen molar-refractivity contribution in [3.63, 3.8) is 0 Å². The van der Waals surface area contributed by atoms with Crippen LogP contribution in [0.2, 0.25) is 5.02 Å². The Labute approximate surface area is 99.2 Å². The lowest BCUT2D eigenvalue weighted by atomic mass is 10.2. The molecule has 1 saturated carbocycles. The molecule has 2 N–H and O–H groups in total. The summed E-state index contributed by atoms with van der Waals surface area (Å²) in [6, 6.07) is 1.59. The average molecular weight is 243 g/mol. The first kappa shape index (κ1) is 11.5. The molecule has 1 amide bonds. The van der Waals surface area contributed by atoms with Crippen molar-refractivity contribution in [1.82, 2.24) is 9.88 Å². The molecular weight excluding hydrogens is 228 g/mol. The Morgan fingerprint density at radius 1 is 1.75 bits per heavy atom. The van der Waals surface area contributed by atoms with Crippen molar-refractivity contribution < 1.29 is 9.90 Å². The van der Waals surface area contributed by atoms with Gasteiger partial charge in [0.05, 0.1) is 11.1 Å². The van der Waals surface area contributed by atoms with Crippen LogP contribution in [0.25, 0.3) is 0 Å². The number of carbonyl (C=O) groups excluding carboxylic acids is 1. The molecule has 1 unspecified atom stereocenters. The van der Waals surface area contributed by atoms with Gasteiger partial charge in [-0.1, -0.05) is 11.6 Å². The van der Waals surface area contributed by atoms with E-state index in [4.69, 9.17) is 11.6 Å². The summed E-state index contributed by atoms with van der Waals surface area (Å²) in [5.74, 6) is 0.231. The van der Waals surface area contributed by atoms with E-state index in [1.165, 1.54) is 4.90 Å². The van der Waals surface area contributed by atoms with E-state index in [1.54, 1.807) is 19.3 Å². The monoisotopic (exact) mass is 242 g/mol. The van der Waals surface area contributed by atoms with Crippen molar-refractivity contribution in [1.29, 1.82) is 0 Å². The number of H-pyrrole nitrogens is 1. The van der Waals surface area contributed by atoms with Gasteiger partial charge >= 0.3 is 0 Å². The van der Waals surface area contributed by atoms with Crippen LogP contribution < -0.4 is 0 Å². The molecule has 4 nitrogen and oxygen atoms in total. The molecule has 1 aromatic heterocycles. The fourth-order valence-corrected chi connectivity index (χ4v) is 1.85. The maximum Gasteiger partial charge on any atom is 0.270 e. The third kappa shape index (κ3) is 2.57. The van der Waals surface area contributed by atoms with Gasteiger partial charge in [0.15, 0.2) is 0 Å². The molecule has 88 valence electrons. The molecule has 0 aliphatic heterocycles. The zero-order chi connectivity index (χ0) is 11.7. The van der Waals surface area contributed by atoms with Crippen LogP contribution in [0, 0.1) is 5.92 Å². The standard InChI is InChI=1S/C11H15ClN2O2/c1-14(6-10(15)7-2-3-7)11(16)9-4-8(12)5-13-9/h4-5,7,10,13,15H,2-3,6H2,1H3. The summed E-state index contributed by atoms with van der Waals surface area (Å²) in [6.45, 7) is 0.375. The maximum absolute atomic E-state index is 11.9. The molecule has 0 aromatic carbocycles. The normalized spacial score (nSPS) is 17.2. The zero-order valence-corrected chi connectivity index (χ0v) is 9.87. The van der Waals surface area contributed by atoms with Crippen LogP contribution >= 0.6 is 11.6 Å². The minimum atomic E-state index is -0.403. The molecule has 2 rings (SSSR count). The van der Waals surface area contributed by atoms with Crippen LogP contribution in [-0.2, 0) is 0 Å². The minimum absolute atomic E-state index is 0.147. The SMILES string of the molecule is CN(CC(O)C1CC1)C(=O)c1cc(Cl)c[nH]1. The molecule has 1 heterocycles. The van der Waals surface area contributed by atoms with E-state index in [-0.39, 0.29) is 5.91 Å². The van der Waals surface area contributed by atoms with Gasteiger partial charge < -0.3 is 15.0 Å². The van der Waals surface area contributed by atoms with Gasteiger partial charge in [-0.05, 0) is 24.8 Å². The van der Waals surface area contributed by atoms with E-state index in [0.29, 0.717) is 23.2 Å². The maximum atomic E-state index is 11.9. The first-order valence-corrected chi connectivity index (χ1v) is 5.73. The Kier molecular flexibility index (Phi) is 3.21. The molecule has 0 radical (unpaired) electrons. The van der Waals surface area contributed by atoms with Gasteiger partial charge in [-0.25, -0.2) is 0 Å². The molecule has 1 fully saturated rings. The highest BCUT2D eigenvalue weighted by molar-refractivity contribution is 6.30. The van der Waals surface area contributed by atoms with Crippen LogP contribution in [0.4, 0.5) is 0 Å². The molecule has 0 saturated heterocycles. The molecule has 1 atom stereocenters. The number of halogens is 1. The topological polar surface area (TPSA) is 56.3 Å². The number of nitrogens with zero attached hydrogens (tertiary/aromatic N) is 1. The van der Waals surface area contributed by atoms with Gasteiger partial charge in [0, 0.05) is 19.8 Å². The second-order valence-electron chi connectivity index (χ2n) is 4.32. The molecule has 1 aliphatic rings.